The summed E-state index contributed by atoms with van der Waals surface area (Å²) in [4.78, 5) is 8.86. The first-order chi connectivity index (χ1) is 18.2. The van der Waals surface area contributed by atoms with Crippen LogP contribution in [0.2, 0.25) is 0 Å². The van der Waals surface area contributed by atoms with Gasteiger partial charge in [-0.05, 0) is 78.4 Å². The van der Waals surface area contributed by atoms with E-state index in [0.29, 0.717) is 11.7 Å². The molecule has 2 heterocycles. The zero-order chi connectivity index (χ0) is 27.2. The molecule has 0 saturated carbocycles. The summed E-state index contributed by atoms with van der Waals surface area (Å²) >= 11 is 0. The Morgan fingerprint density at radius 3 is 2.10 bits per heavy atom. The van der Waals surface area contributed by atoms with Crippen LogP contribution in [0, 0.1) is 33.8 Å². The zero-order valence-corrected chi connectivity index (χ0v) is 25.8. The van der Waals surface area contributed by atoms with Crippen LogP contribution in [0.5, 0.6) is 5.75 Å². The predicted molar refractivity (Wildman–Crippen MR) is 158 cm³/mol. The van der Waals surface area contributed by atoms with Gasteiger partial charge < -0.3 is 10.1 Å². The van der Waals surface area contributed by atoms with Crippen molar-refractivity contribution in [3.05, 3.63) is 125 Å². The second-order valence-electron chi connectivity index (χ2n) is 10.1. The van der Waals surface area contributed by atoms with Crippen molar-refractivity contribution in [3.8, 4) is 39.4 Å². The number of aromatic hydroxyl groups is 1. The number of pyridine rings is 2. The van der Waals surface area contributed by atoms with E-state index in [1.807, 2.05) is 56.4 Å². The minimum atomic E-state index is 0. The van der Waals surface area contributed by atoms with Crippen LogP contribution in [-0.2, 0) is 20.1 Å². The molecule has 3 nitrogen and oxygen atoms in total. The quantitative estimate of drug-likeness (QED) is 0.192. The van der Waals surface area contributed by atoms with E-state index in [-0.39, 0.29) is 20.1 Å². The summed E-state index contributed by atoms with van der Waals surface area (Å²) in [5, 5.41) is 9.94. The van der Waals surface area contributed by atoms with Crippen molar-refractivity contribution in [2.24, 2.45) is 0 Å². The summed E-state index contributed by atoms with van der Waals surface area (Å²) in [6.45, 7) is 12.6. The van der Waals surface area contributed by atoms with E-state index in [4.69, 9.17) is 0 Å². The Balaban J connectivity index is 0.000000228. The predicted octanol–water partition coefficient (Wildman–Crippen LogP) is 9.02. The maximum absolute atomic E-state index is 9.94. The van der Waals surface area contributed by atoms with Gasteiger partial charge in [0.05, 0.1) is 5.69 Å². The normalized spacial score (nSPS) is 10.4. The van der Waals surface area contributed by atoms with Crippen LogP contribution in [0.1, 0.15) is 47.6 Å². The monoisotopic (exact) mass is 692 g/mol. The molecule has 0 fully saturated rings. The fourth-order valence-electron chi connectivity index (χ4n) is 4.63. The second-order valence-corrected chi connectivity index (χ2v) is 10.1. The van der Waals surface area contributed by atoms with Crippen molar-refractivity contribution in [1.82, 2.24) is 9.97 Å². The summed E-state index contributed by atoms with van der Waals surface area (Å²) in [5.74, 6) is 0.815. The minimum Gasteiger partial charge on any atom is -0.507 e. The van der Waals surface area contributed by atoms with Gasteiger partial charge in [-0.3, -0.25) is 4.98 Å². The van der Waals surface area contributed by atoms with Gasteiger partial charge >= 0.3 is 0 Å². The third kappa shape index (κ3) is 7.29. The van der Waals surface area contributed by atoms with E-state index in [1.54, 1.807) is 6.20 Å². The Hall–Kier alpha value is -3.59. The summed E-state index contributed by atoms with van der Waals surface area (Å²) in [5.41, 5.74) is 12.0. The number of phenolic OH excluding ortho intramolecular Hbond substituents is 1. The average Bonchev–Trinajstić information content (AvgIpc) is 2.92. The molecule has 1 radical (unpaired) electrons. The fraction of sp³-hybridized carbons (Fsp3) is 0.200. The van der Waals surface area contributed by atoms with Crippen LogP contribution in [0.15, 0.2) is 91.3 Å². The third-order valence-electron chi connectivity index (χ3n) is 6.67. The smallest absolute Gasteiger partial charge is 0.127 e. The summed E-state index contributed by atoms with van der Waals surface area (Å²) < 4.78 is 0. The van der Waals surface area contributed by atoms with Gasteiger partial charge in [-0.2, -0.15) is 0 Å². The molecule has 5 rings (SSSR count). The van der Waals surface area contributed by atoms with Crippen LogP contribution in [-0.4, -0.2) is 15.1 Å². The van der Waals surface area contributed by atoms with E-state index in [9.17, 15) is 5.11 Å². The molecule has 0 aliphatic heterocycles. The van der Waals surface area contributed by atoms with Gasteiger partial charge in [-0.25, -0.2) is 0 Å². The molecule has 0 bridgehead atoms. The molecule has 4 heteroatoms. The molecule has 0 atom stereocenters. The average molecular weight is 692 g/mol. The number of hydrogen-bond donors (Lipinski definition) is 1. The van der Waals surface area contributed by atoms with Crippen molar-refractivity contribution in [2.75, 3.05) is 0 Å². The molecular weight excluding hydrogens is 657 g/mol. The molecule has 0 saturated heterocycles. The van der Waals surface area contributed by atoms with Crippen LogP contribution in [0.4, 0.5) is 0 Å². The molecule has 0 aliphatic carbocycles. The Morgan fingerprint density at radius 1 is 0.718 bits per heavy atom. The fourth-order valence-corrected chi connectivity index (χ4v) is 4.63. The van der Waals surface area contributed by atoms with Gasteiger partial charge in [0.1, 0.15) is 5.75 Å². The molecule has 3 aromatic carbocycles. The Kier molecular flexibility index (Phi) is 10.3. The van der Waals surface area contributed by atoms with E-state index in [2.05, 4.69) is 86.2 Å². The molecule has 2 aromatic heterocycles. The maximum Gasteiger partial charge on any atom is 0.127 e. The third-order valence-corrected chi connectivity index (χ3v) is 6.67. The first kappa shape index (κ1) is 30.0. The number of benzene rings is 3. The molecule has 0 aliphatic rings. The van der Waals surface area contributed by atoms with E-state index >= 15 is 0 Å². The van der Waals surface area contributed by atoms with E-state index in [1.165, 1.54) is 27.8 Å². The molecule has 0 spiro atoms. The molecule has 0 amide bonds. The zero-order valence-electron chi connectivity index (χ0n) is 23.4. The van der Waals surface area contributed by atoms with Gasteiger partial charge in [0.25, 0.3) is 0 Å². The number of aromatic nitrogens is 2. The maximum atomic E-state index is 9.94. The standard InChI is InChI=1S/C22H22N.C13H13NO.Ir/c1-15(2)20-13-22(23-14-17(20)4)19-11-10-16(3)21(12-19)18-8-6-5-7-9-18;1-9-7-10(2)13(15)11(8-9)12-5-3-4-6-14-12;/h5-10,12-15H,1-4H3;3-8,15H,1-2H3;/q-1;;. The van der Waals surface area contributed by atoms with E-state index < -0.39 is 0 Å². The van der Waals surface area contributed by atoms with Crippen LogP contribution >= 0.6 is 0 Å². The van der Waals surface area contributed by atoms with Crippen LogP contribution < -0.4 is 0 Å². The Bertz CT molecular complexity index is 1530. The molecule has 1 N–H and O–H groups in total. The van der Waals surface area contributed by atoms with E-state index in [0.717, 1.165) is 33.6 Å². The van der Waals surface area contributed by atoms with Gasteiger partial charge in [0, 0.05) is 38.1 Å². The summed E-state index contributed by atoms with van der Waals surface area (Å²) in [7, 11) is 0. The molecular formula is C35H35IrN2O-. The topological polar surface area (TPSA) is 46.0 Å². The first-order valence-corrected chi connectivity index (χ1v) is 13.0. The molecule has 0 unspecified atom stereocenters. The van der Waals surface area contributed by atoms with Crippen molar-refractivity contribution >= 4 is 0 Å². The van der Waals surface area contributed by atoms with Crippen molar-refractivity contribution in [3.63, 3.8) is 0 Å². The van der Waals surface area contributed by atoms with Gasteiger partial charge in [0.2, 0.25) is 0 Å². The Labute approximate surface area is 246 Å². The van der Waals surface area contributed by atoms with Crippen molar-refractivity contribution in [1.29, 1.82) is 0 Å². The molecule has 39 heavy (non-hydrogen) atoms. The van der Waals surface area contributed by atoms with Crippen LogP contribution in [0.25, 0.3) is 33.6 Å². The number of aryl methyl sites for hydroxylation is 4. The summed E-state index contributed by atoms with van der Waals surface area (Å²) in [6.07, 6.45) is 3.70. The Morgan fingerprint density at radius 2 is 1.44 bits per heavy atom. The van der Waals surface area contributed by atoms with Gasteiger partial charge in [0.15, 0.2) is 0 Å². The molecule has 5 aromatic rings. The van der Waals surface area contributed by atoms with Crippen LogP contribution in [0.3, 0.4) is 0 Å². The number of rotatable bonds is 4. The van der Waals surface area contributed by atoms with Gasteiger partial charge in [-0.15, -0.1) is 29.3 Å². The minimum absolute atomic E-state index is 0. The van der Waals surface area contributed by atoms with Crippen molar-refractivity contribution < 1.29 is 25.2 Å². The summed E-state index contributed by atoms with van der Waals surface area (Å²) in [6, 6.07) is 29.9. The number of nitrogens with zero attached hydrogens (tertiary/aromatic N) is 2. The largest absolute Gasteiger partial charge is 0.507 e. The number of hydrogen-bond acceptors (Lipinski definition) is 3. The molecule has 201 valence electrons. The first-order valence-electron chi connectivity index (χ1n) is 13.0. The SMILES string of the molecule is Cc1c[c-]c(-c2cc(C(C)C)c(C)cn2)cc1-c1ccccc1.Cc1cc(C)c(O)c(-c2ccccn2)c1.[Ir]. The number of phenols is 1. The second kappa shape index (κ2) is 13.5. The van der Waals surface area contributed by atoms with Gasteiger partial charge in [-0.1, -0.05) is 74.9 Å². The van der Waals surface area contributed by atoms with Crippen molar-refractivity contribution in [2.45, 2.75) is 47.5 Å².